The second kappa shape index (κ2) is 15.0. The summed E-state index contributed by atoms with van der Waals surface area (Å²) in [5.74, 6) is 0.175. The molecule has 0 aliphatic heterocycles. The Balaban J connectivity index is 1.07. The number of rotatable bonds is 11. The summed E-state index contributed by atoms with van der Waals surface area (Å²) in [5.41, 5.74) is 5.92. The minimum absolute atomic E-state index is 0.148. The fraction of sp³-hybridized carbons (Fsp3) is 0.105. The predicted octanol–water partition coefficient (Wildman–Crippen LogP) is 7.87. The molecule has 0 saturated carbocycles. The highest BCUT2D eigenvalue weighted by atomic mass is 35.5. The normalized spacial score (nSPS) is 11.1. The van der Waals surface area contributed by atoms with Gasteiger partial charge in [-0.2, -0.15) is 0 Å². The third-order valence-electron chi connectivity index (χ3n) is 7.65. The highest BCUT2D eigenvalue weighted by Gasteiger charge is 2.16. The van der Waals surface area contributed by atoms with Crippen molar-refractivity contribution in [3.8, 4) is 11.4 Å². The molecule has 0 radical (unpaired) electrons. The van der Waals surface area contributed by atoms with Gasteiger partial charge in [-0.15, -0.1) is 0 Å². The number of benzene rings is 3. The quantitative estimate of drug-likeness (QED) is 0.136. The number of nitrogens with one attached hydrogen (secondary N) is 2. The van der Waals surface area contributed by atoms with Crippen molar-refractivity contribution in [1.29, 1.82) is 0 Å². The van der Waals surface area contributed by atoms with E-state index in [0.717, 1.165) is 33.5 Å². The molecule has 0 aliphatic carbocycles. The molecule has 2 N–H and O–H groups in total. The smallest absolute Gasteiger partial charge is 0.251 e. The van der Waals surface area contributed by atoms with Gasteiger partial charge in [0.15, 0.2) is 0 Å². The van der Waals surface area contributed by atoms with E-state index in [0.29, 0.717) is 39.2 Å². The van der Waals surface area contributed by atoms with Gasteiger partial charge in [-0.3, -0.25) is 14.6 Å². The molecule has 3 aromatic heterocycles. The highest BCUT2D eigenvalue weighted by Crippen LogP contribution is 2.33. The number of hydrogen-bond acceptors (Lipinski definition) is 5. The first-order valence-electron chi connectivity index (χ1n) is 15.2. The lowest BCUT2D eigenvalue weighted by Crippen LogP contribution is -2.23. The van der Waals surface area contributed by atoms with Crippen molar-refractivity contribution >= 4 is 52.0 Å². The molecule has 0 atom stereocenters. The maximum absolute atomic E-state index is 12.7. The number of nitrogens with zero attached hydrogens (tertiary/aromatic N) is 3. The Kier molecular flexibility index (Phi) is 10.1. The Morgan fingerprint density at radius 2 is 1.73 bits per heavy atom. The van der Waals surface area contributed by atoms with Gasteiger partial charge in [-0.1, -0.05) is 59.6 Å². The summed E-state index contributed by atoms with van der Waals surface area (Å²) in [4.78, 5) is 34.0. The molecule has 10 heteroatoms. The van der Waals surface area contributed by atoms with E-state index in [4.69, 9.17) is 27.9 Å². The molecular weight excluding hydrogens is 645 g/mol. The van der Waals surface area contributed by atoms with Crippen molar-refractivity contribution < 1.29 is 14.3 Å². The first-order chi connectivity index (χ1) is 23.4. The number of aromatic nitrogens is 3. The number of fused-ring (bicyclic) bond motifs is 1. The number of pyridine rings is 2. The zero-order valence-corrected chi connectivity index (χ0v) is 27.5. The molecule has 6 aromatic rings. The van der Waals surface area contributed by atoms with E-state index in [1.807, 2.05) is 84.4 Å². The fourth-order valence-electron chi connectivity index (χ4n) is 5.11. The van der Waals surface area contributed by atoms with E-state index in [9.17, 15) is 9.59 Å². The van der Waals surface area contributed by atoms with E-state index in [-0.39, 0.29) is 25.0 Å². The molecule has 3 aromatic carbocycles. The van der Waals surface area contributed by atoms with E-state index in [2.05, 4.69) is 20.6 Å². The predicted molar refractivity (Wildman–Crippen MR) is 189 cm³/mol. The first kappa shape index (κ1) is 32.5. The van der Waals surface area contributed by atoms with Crippen molar-refractivity contribution in [2.75, 3.05) is 0 Å². The van der Waals surface area contributed by atoms with Crippen LogP contribution in [0.1, 0.15) is 38.6 Å². The number of para-hydroxylation sites is 1. The number of aryl methyl sites for hydroxylation is 1. The maximum atomic E-state index is 12.7. The second-order valence-corrected chi connectivity index (χ2v) is 11.8. The minimum Gasteiger partial charge on any atom is -0.487 e. The molecule has 0 saturated heterocycles. The Morgan fingerprint density at radius 1 is 0.875 bits per heavy atom. The summed E-state index contributed by atoms with van der Waals surface area (Å²) in [6.07, 6.45) is 6.71. The van der Waals surface area contributed by atoms with Crippen molar-refractivity contribution in [1.82, 2.24) is 25.2 Å². The van der Waals surface area contributed by atoms with Crippen LogP contribution in [0, 0.1) is 6.92 Å². The molecule has 0 spiro atoms. The van der Waals surface area contributed by atoms with Gasteiger partial charge in [0.2, 0.25) is 5.91 Å². The summed E-state index contributed by atoms with van der Waals surface area (Å²) in [7, 11) is 0. The van der Waals surface area contributed by atoms with Crippen LogP contribution in [-0.4, -0.2) is 26.3 Å². The number of halogens is 2. The van der Waals surface area contributed by atoms with E-state index >= 15 is 0 Å². The van der Waals surface area contributed by atoms with Crippen LogP contribution in [0.5, 0.6) is 5.75 Å². The molecule has 240 valence electrons. The van der Waals surface area contributed by atoms with Crippen LogP contribution in [0.4, 0.5) is 0 Å². The number of carbonyl (C=O) groups excluding carboxylic acids is 2. The average Bonchev–Trinajstić information content (AvgIpc) is 3.58. The van der Waals surface area contributed by atoms with Crippen LogP contribution in [0.15, 0.2) is 116 Å². The lowest BCUT2D eigenvalue weighted by Gasteiger charge is -2.16. The van der Waals surface area contributed by atoms with Gasteiger partial charge < -0.3 is 19.9 Å². The van der Waals surface area contributed by atoms with Crippen molar-refractivity contribution in [3.05, 3.63) is 159 Å². The summed E-state index contributed by atoms with van der Waals surface area (Å²) < 4.78 is 8.09. The van der Waals surface area contributed by atoms with Gasteiger partial charge in [-0.25, -0.2) is 4.98 Å². The maximum Gasteiger partial charge on any atom is 0.251 e. The van der Waals surface area contributed by atoms with Gasteiger partial charge in [0.05, 0.1) is 29.5 Å². The topological polar surface area (TPSA) is 98.1 Å². The number of amides is 2. The SMILES string of the molecule is Cc1ccc2cccc(OCc3c(Cl)ccc(-n4cccc4CNC(=O)C=Cc4ccc(C(=O)NCc5ccccn5)cc4)c3Cl)c2n1. The average molecular weight is 677 g/mol. The van der Waals surface area contributed by atoms with Crippen LogP contribution in [0.2, 0.25) is 10.0 Å². The molecule has 6 rings (SSSR count). The summed E-state index contributed by atoms with van der Waals surface area (Å²) in [6, 6.07) is 29.7. The van der Waals surface area contributed by atoms with Gasteiger partial charge in [0.25, 0.3) is 5.91 Å². The van der Waals surface area contributed by atoms with Crippen molar-refractivity contribution in [3.63, 3.8) is 0 Å². The van der Waals surface area contributed by atoms with Crippen LogP contribution >= 0.6 is 23.2 Å². The summed E-state index contributed by atoms with van der Waals surface area (Å²) in [6.45, 7) is 2.69. The Labute approximate surface area is 288 Å². The third-order valence-corrected chi connectivity index (χ3v) is 8.43. The van der Waals surface area contributed by atoms with E-state index < -0.39 is 0 Å². The molecule has 0 fully saturated rings. The standard InChI is InChI=1S/C38H31Cl2N5O3/c1-25-10-14-27-6-4-9-34(37(27)44-25)48-24-31-32(39)17-18-33(36(31)40)45-21-5-8-30(45)23-42-35(46)19-13-26-11-15-28(16-12-26)38(47)43-22-29-7-2-3-20-41-29/h2-21H,22-24H2,1H3,(H,42,46)(H,43,47). The minimum atomic E-state index is -0.268. The molecule has 3 heterocycles. The highest BCUT2D eigenvalue weighted by molar-refractivity contribution is 6.37. The second-order valence-electron chi connectivity index (χ2n) is 11.0. The number of ether oxygens (including phenoxy) is 1. The van der Waals surface area contributed by atoms with Crippen LogP contribution in [0.25, 0.3) is 22.7 Å². The van der Waals surface area contributed by atoms with Crippen LogP contribution in [-0.2, 0) is 24.5 Å². The van der Waals surface area contributed by atoms with Gasteiger partial charge in [-0.05, 0) is 79.2 Å². The summed E-state index contributed by atoms with van der Waals surface area (Å²) in [5, 5.41) is 7.69. The lowest BCUT2D eigenvalue weighted by molar-refractivity contribution is -0.116. The van der Waals surface area contributed by atoms with Crippen LogP contribution < -0.4 is 15.4 Å². The Hall–Kier alpha value is -5.44. The van der Waals surface area contributed by atoms with Crippen molar-refractivity contribution in [2.24, 2.45) is 0 Å². The molecule has 8 nitrogen and oxygen atoms in total. The van der Waals surface area contributed by atoms with Gasteiger partial charge in [0, 0.05) is 51.4 Å². The Bertz CT molecular complexity index is 2110. The largest absolute Gasteiger partial charge is 0.487 e. The third kappa shape index (κ3) is 7.74. The fourth-order valence-corrected chi connectivity index (χ4v) is 5.68. The van der Waals surface area contributed by atoms with Crippen LogP contribution in [0.3, 0.4) is 0 Å². The molecule has 0 aliphatic rings. The number of carbonyl (C=O) groups is 2. The molecule has 2 amide bonds. The van der Waals surface area contributed by atoms with Gasteiger partial charge in [0.1, 0.15) is 17.9 Å². The molecular formula is C38H31Cl2N5O3. The van der Waals surface area contributed by atoms with E-state index in [1.54, 1.807) is 42.6 Å². The zero-order valence-electron chi connectivity index (χ0n) is 26.0. The molecule has 0 bridgehead atoms. The van der Waals surface area contributed by atoms with E-state index in [1.165, 1.54) is 6.08 Å². The first-order valence-corrected chi connectivity index (χ1v) is 16.0. The van der Waals surface area contributed by atoms with Crippen molar-refractivity contribution in [2.45, 2.75) is 26.6 Å². The molecule has 0 unspecified atom stereocenters. The number of hydrogen-bond donors (Lipinski definition) is 2. The Morgan fingerprint density at radius 3 is 2.54 bits per heavy atom. The lowest BCUT2D eigenvalue weighted by atomic mass is 10.1. The summed E-state index contributed by atoms with van der Waals surface area (Å²) >= 11 is 13.5. The monoisotopic (exact) mass is 675 g/mol. The zero-order chi connectivity index (χ0) is 33.5. The van der Waals surface area contributed by atoms with Gasteiger partial charge >= 0.3 is 0 Å². The molecule has 48 heavy (non-hydrogen) atoms.